The van der Waals surface area contributed by atoms with Crippen LogP contribution in [-0.2, 0) is 4.79 Å². The molecule has 0 aliphatic heterocycles. The Kier molecular flexibility index (Phi) is 6.42. The lowest BCUT2D eigenvalue weighted by atomic mass is 10.2. The summed E-state index contributed by atoms with van der Waals surface area (Å²) in [5.74, 6) is 0.0884. The van der Waals surface area contributed by atoms with Crippen molar-refractivity contribution in [3.63, 3.8) is 0 Å². The summed E-state index contributed by atoms with van der Waals surface area (Å²) in [7, 11) is 0. The minimum Gasteiger partial charge on any atom is -0.353 e. The van der Waals surface area contributed by atoms with Crippen LogP contribution < -0.4 is 10.9 Å². The largest absolute Gasteiger partial charge is 0.353 e. The van der Waals surface area contributed by atoms with E-state index >= 15 is 0 Å². The Labute approximate surface area is 173 Å². The van der Waals surface area contributed by atoms with Gasteiger partial charge in [0.2, 0.25) is 5.91 Å². The number of carbonyl (C=O) groups is 1. The van der Waals surface area contributed by atoms with Crippen LogP contribution in [0, 0.1) is 6.92 Å². The Hall–Kier alpha value is -2.31. The van der Waals surface area contributed by atoms with Gasteiger partial charge < -0.3 is 5.32 Å². The molecule has 5 nitrogen and oxygen atoms in total. The van der Waals surface area contributed by atoms with Crippen molar-refractivity contribution in [2.45, 2.75) is 38.4 Å². The lowest BCUT2D eigenvalue weighted by Crippen LogP contribution is -2.33. The molecule has 2 aromatic carbocycles. The fourth-order valence-corrected chi connectivity index (χ4v) is 3.79. The van der Waals surface area contributed by atoms with Crippen molar-refractivity contribution in [2.75, 3.05) is 5.75 Å². The molecule has 1 heterocycles. The topological polar surface area (TPSA) is 64.0 Å². The van der Waals surface area contributed by atoms with E-state index in [9.17, 15) is 9.59 Å². The molecule has 0 aliphatic carbocycles. The number of rotatable bonds is 6. The molecule has 0 saturated heterocycles. The monoisotopic (exact) mass is 415 g/mol. The Bertz CT molecular complexity index is 1080. The van der Waals surface area contributed by atoms with Crippen LogP contribution in [0.2, 0.25) is 5.02 Å². The van der Waals surface area contributed by atoms with Gasteiger partial charge in [-0.15, -0.1) is 0 Å². The average molecular weight is 416 g/mol. The number of halogens is 1. The molecule has 1 atom stereocenters. The zero-order valence-electron chi connectivity index (χ0n) is 16.0. The van der Waals surface area contributed by atoms with E-state index in [4.69, 9.17) is 11.6 Å². The normalized spacial score (nSPS) is 12.1. The van der Waals surface area contributed by atoms with E-state index in [-0.39, 0.29) is 23.3 Å². The number of benzene rings is 2. The van der Waals surface area contributed by atoms with Crippen LogP contribution >= 0.6 is 23.4 Å². The summed E-state index contributed by atoms with van der Waals surface area (Å²) in [4.78, 5) is 30.1. The van der Waals surface area contributed by atoms with Gasteiger partial charge in [-0.05, 0) is 50.1 Å². The first-order chi connectivity index (χ1) is 13.4. The van der Waals surface area contributed by atoms with Gasteiger partial charge in [-0.3, -0.25) is 14.2 Å². The first-order valence-corrected chi connectivity index (χ1v) is 10.5. The van der Waals surface area contributed by atoms with Gasteiger partial charge in [-0.2, -0.15) is 0 Å². The molecule has 3 aromatic rings. The highest BCUT2D eigenvalue weighted by molar-refractivity contribution is 7.99. The zero-order chi connectivity index (χ0) is 20.3. The summed E-state index contributed by atoms with van der Waals surface area (Å²) >= 11 is 7.52. The molecule has 146 valence electrons. The lowest BCUT2D eigenvalue weighted by Gasteiger charge is -2.16. The molecule has 0 fully saturated rings. The molecule has 0 aliphatic rings. The van der Waals surface area contributed by atoms with Crippen LogP contribution in [0.4, 0.5) is 0 Å². The molecule has 7 heteroatoms. The summed E-state index contributed by atoms with van der Waals surface area (Å²) in [6, 6.07) is 12.7. The van der Waals surface area contributed by atoms with Crippen molar-refractivity contribution < 1.29 is 4.79 Å². The number of hydrogen-bond donors (Lipinski definition) is 1. The summed E-state index contributed by atoms with van der Waals surface area (Å²) in [5, 5.41) is 4.50. The number of nitrogens with one attached hydrogen (secondary N) is 1. The van der Waals surface area contributed by atoms with E-state index < -0.39 is 0 Å². The van der Waals surface area contributed by atoms with Gasteiger partial charge >= 0.3 is 0 Å². The van der Waals surface area contributed by atoms with Gasteiger partial charge in [0.15, 0.2) is 5.16 Å². The molecule has 28 heavy (non-hydrogen) atoms. The van der Waals surface area contributed by atoms with Crippen LogP contribution in [0.5, 0.6) is 0 Å². The third kappa shape index (κ3) is 4.23. The second kappa shape index (κ2) is 8.80. The summed E-state index contributed by atoms with van der Waals surface area (Å²) < 4.78 is 1.55. The molecule has 0 bridgehead atoms. The predicted molar refractivity (Wildman–Crippen MR) is 116 cm³/mol. The smallest absolute Gasteiger partial charge is 0.266 e. The summed E-state index contributed by atoms with van der Waals surface area (Å²) in [6.07, 6.45) is 0.858. The van der Waals surface area contributed by atoms with Crippen molar-refractivity contribution in [3.05, 3.63) is 63.4 Å². The average Bonchev–Trinajstić information content (AvgIpc) is 2.69. The number of thioether (sulfide) groups is 1. The fraction of sp³-hybridized carbons (Fsp3) is 0.286. The molecule has 3 rings (SSSR count). The van der Waals surface area contributed by atoms with Crippen LogP contribution in [0.15, 0.2) is 52.4 Å². The molecule has 1 N–H and O–H groups in total. The quantitative estimate of drug-likeness (QED) is 0.480. The number of nitrogens with zero attached hydrogens (tertiary/aromatic N) is 2. The van der Waals surface area contributed by atoms with E-state index in [1.54, 1.807) is 28.8 Å². The van der Waals surface area contributed by atoms with E-state index in [2.05, 4.69) is 10.3 Å². The molecule has 0 unspecified atom stereocenters. The van der Waals surface area contributed by atoms with Crippen LogP contribution in [0.3, 0.4) is 0 Å². The standard InChI is InChI=1S/C21H22ClN3O2S/c1-4-13(2)23-19(26)12-28-21-24-17-10-6-5-8-15(17)20(27)25(21)18-11-7-9-16(22)14(18)3/h5-11,13H,4,12H2,1-3H3,(H,23,26)/t13-/m0/s1. The summed E-state index contributed by atoms with van der Waals surface area (Å²) in [6.45, 7) is 5.84. The zero-order valence-corrected chi connectivity index (χ0v) is 17.6. The van der Waals surface area contributed by atoms with Gasteiger partial charge in [0.05, 0.1) is 22.3 Å². The van der Waals surface area contributed by atoms with Gasteiger partial charge in [0, 0.05) is 11.1 Å². The van der Waals surface area contributed by atoms with Crippen LogP contribution in [-0.4, -0.2) is 27.3 Å². The Balaban J connectivity index is 2.09. The van der Waals surface area contributed by atoms with Gasteiger partial charge in [-0.1, -0.05) is 48.5 Å². The minimum atomic E-state index is -0.180. The molecule has 0 spiro atoms. The number of amides is 1. The molecule has 1 amide bonds. The maximum atomic E-state index is 13.2. The van der Waals surface area contributed by atoms with E-state index in [1.807, 2.05) is 39.0 Å². The first kappa shape index (κ1) is 20.4. The van der Waals surface area contributed by atoms with Gasteiger partial charge in [0.1, 0.15) is 0 Å². The highest BCUT2D eigenvalue weighted by Crippen LogP contribution is 2.26. The molecule has 0 radical (unpaired) electrons. The molecule has 0 saturated carbocycles. The van der Waals surface area contributed by atoms with Gasteiger partial charge in [0.25, 0.3) is 5.56 Å². The van der Waals surface area contributed by atoms with Crippen molar-refractivity contribution in [3.8, 4) is 5.69 Å². The van der Waals surface area contributed by atoms with Gasteiger partial charge in [-0.25, -0.2) is 4.98 Å². The SMILES string of the molecule is CC[C@H](C)NC(=O)CSc1nc2ccccc2c(=O)n1-c1cccc(Cl)c1C. The highest BCUT2D eigenvalue weighted by Gasteiger charge is 2.17. The summed E-state index contributed by atoms with van der Waals surface area (Å²) in [5.41, 5.74) is 1.88. The van der Waals surface area contributed by atoms with Crippen molar-refractivity contribution in [1.82, 2.24) is 14.9 Å². The molecule has 1 aromatic heterocycles. The number of hydrogen-bond acceptors (Lipinski definition) is 4. The second-order valence-corrected chi connectivity index (χ2v) is 7.95. The third-order valence-corrected chi connectivity index (χ3v) is 5.93. The Morgan fingerprint density at radius 1 is 1.25 bits per heavy atom. The minimum absolute atomic E-state index is 0.0869. The Morgan fingerprint density at radius 3 is 2.75 bits per heavy atom. The molecular weight excluding hydrogens is 394 g/mol. The number of fused-ring (bicyclic) bond motifs is 1. The molecular formula is C21H22ClN3O2S. The fourth-order valence-electron chi connectivity index (χ4n) is 2.81. The second-order valence-electron chi connectivity index (χ2n) is 6.60. The Morgan fingerprint density at radius 2 is 2.00 bits per heavy atom. The third-order valence-electron chi connectivity index (χ3n) is 4.58. The first-order valence-electron chi connectivity index (χ1n) is 9.11. The number of aromatic nitrogens is 2. The van der Waals surface area contributed by atoms with Crippen LogP contribution in [0.25, 0.3) is 16.6 Å². The maximum absolute atomic E-state index is 13.2. The number of carbonyl (C=O) groups excluding carboxylic acids is 1. The van der Waals surface area contributed by atoms with Crippen molar-refractivity contribution >= 4 is 40.2 Å². The van der Waals surface area contributed by atoms with E-state index in [1.165, 1.54) is 11.8 Å². The maximum Gasteiger partial charge on any atom is 0.266 e. The van der Waals surface area contributed by atoms with Crippen molar-refractivity contribution in [2.24, 2.45) is 0 Å². The predicted octanol–water partition coefficient (Wildman–Crippen LogP) is 4.35. The van der Waals surface area contributed by atoms with Crippen LogP contribution in [0.1, 0.15) is 25.8 Å². The highest BCUT2D eigenvalue weighted by atomic mass is 35.5. The van der Waals surface area contributed by atoms with E-state index in [0.29, 0.717) is 26.8 Å². The number of para-hydroxylation sites is 1. The van der Waals surface area contributed by atoms with Crippen molar-refractivity contribution in [1.29, 1.82) is 0 Å². The van der Waals surface area contributed by atoms with E-state index in [0.717, 1.165) is 12.0 Å². The lowest BCUT2D eigenvalue weighted by molar-refractivity contribution is -0.119.